The minimum atomic E-state index is -0.237. The zero-order valence-electron chi connectivity index (χ0n) is 12.1. The summed E-state index contributed by atoms with van der Waals surface area (Å²) in [6.45, 7) is 8.29. The summed E-state index contributed by atoms with van der Waals surface area (Å²) >= 11 is 0. The molecular formula is C13H26N2O3. The predicted molar refractivity (Wildman–Crippen MR) is 71.2 cm³/mol. The van der Waals surface area contributed by atoms with Crippen LogP contribution < -0.4 is 10.6 Å². The average molecular weight is 258 g/mol. The van der Waals surface area contributed by atoms with E-state index in [1.54, 1.807) is 0 Å². The van der Waals surface area contributed by atoms with Gasteiger partial charge in [0.1, 0.15) is 0 Å². The molecule has 5 nitrogen and oxygen atoms in total. The fraction of sp³-hybridized carbons (Fsp3) is 0.846. The number of rotatable bonds is 8. The van der Waals surface area contributed by atoms with Crippen molar-refractivity contribution in [1.29, 1.82) is 0 Å². The van der Waals surface area contributed by atoms with Crippen molar-refractivity contribution in [2.75, 3.05) is 13.7 Å². The van der Waals surface area contributed by atoms with Gasteiger partial charge in [-0.2, -0.15) is 0 Å². The van der Waals surface area contributed by atoms with Crippen LogP contribution in [0.4, 0.5) is 0 Å². The van der Waals surface area contributed by atoms with Crippen LogP contribution in [0, 0.1) is 5.92 Å². The fourth-order valence-corrected chi connectivity index (χ4v) is 1.43. The van der Waals surface area contributed by atoms with Gasteiger partial charge < -0.3 is 15.4 Å². The van der Waals surface area contributed by atoms with Crippen LogP contribution in [0.3, 0.4) is 0 Å². The summed E-state index contributed by atoms with van der Waals surface area (Å²) in [7, 11) is 1.38. The Morgan fingerprint density at radius 2 is 1.83 bits per heavy atom. The second-order valence-electron chi connectivity index (χ2n) is 4.68. The Kier molecular flexibility index (Phi) is 8.37. The van der Waals surface area contributed by atoms with Gasteiger partial charge in [0.2, 0.25) is 5.91 Å². The first kappa shape index (κ1) is 16.9. The maximum Gasteiger partial charge on any atom is 0.309 e. The third kappa shape index (κ3) is 6.59. The number of carbonyl (C=O) groups is 2. The Bertz CT molecular complexity index is 269. The molecule has 2 N–H and O–H groups in total. The molecule has 0 fully saturated rings. The van der Waals surface area contributed by atoms with E-state index in [1.807, 2.05) is 27.7 Å². The zero-order chi connectivity index (χ0) is 14.1. The summed E-state index contributed by atoms with van der Waals surface area (Å²) in [4.78, 5) is 22.8. The Hall–Kier alpha value is -1.10. The molecule has 0 aromatic rings. The highest BCUT2D eigenvalue weighted by Gasteiger charge is 2.20. The lowest BCUT2D eigenvalue weighted by molar-refractivity contribution is -0.145. The van der Waals surface area contributed by atoms with Gasteiger partial charge in [-0.05, 0) is 20.3 Å². The fourth-order valence-electron chi connectivity index (χ4n) is 1.43. The molecule has 0 bridgehead atoms. The van der Waals surface area contributed by atoms with Gasteiger partial charge in [-0.1, -0.05) is 13.8 Å². The number of amides is 1. The maximum absolute atomic E-state index is 11.5. The number of methoxy groups -OCH3 is 1. The maximum atomic E-state index is 11.5. The van der Waals surface area contributed by atoms with Crippen molar-refractivity contribution in [2.24, 2.45) is 5.92 Å². The van der Waals surface area contributed by atoms with Crippen LogP contribution in [0.1, 0.15) is 40.5 Å². The van der Waals surface area contributed by atoms with Crippen molar-refractivity contribution in [3.63, 3.8) is 0 Å². The van der Waals surface area contributed by atoms with E-state index in [4.69, 9.17) is 0 Å². The van der Waals surface area contributed by atoms with Gasteiger partial charge in [0.15, 0.2) is 0 Å². The lowest BCUT2D eigenvalue weighted by Gasteiger charge is -2.19. The second kappa shape index (κ2) is 8.91. The van der Waals surface area contributed by atoms with Crippen LogP contribution >= 0.6 is 0 Å². The molecule has 0 radical (unpaired) electrons. The molecule has 3 atom stereocenters. The topological polar surface area (TPSA) is 67.4 Å². The first-order valence-corrected chi connectivity index (χ1v) is 6.52. The van der Waals surface area contributed by atoms with Crippen LogP contribution in [0.2, 0.25) is 0 Å². The molecule has 18 heavy (non-hydrogen) atoms. The summed E-state index contributed by atoms with van der Waals surface area (Å²) < 4.78 is 4.67. The third-order valence-electron chi connectivity index (χ3n) is 3.16. The van der Waals surface area contributed by atoms with Gasteiger partial charge >= 0.3 is 5.97 Å². The predicted octanol–water partition coefficient (Wildman–Crippen LogP) is 1.08. The van der Waals surface area contributed by atoms with Crippen LogP contribution in [0.5, 0.6) is 0 Å². The largest absolute Gasteiger partial charge is 0.469 e. The molecule has 3 unspecified atom stereocenters. The van der Waals surface area contributed by atoms with E-state index in [1.165, 1.54) is 7.11 Å². The summed E-state index contributed by atoms with van der Waals surface area (Å²) in [5.41, 5.74) is 0. The van der Waals surface area contributed by atoms with E-state index in [-0.39, 0.29) is 29.9 Å². The van der Waals surface area contributed by atoms with Gasteiger partial charge in [-0.15, -0.1) is 0 Å². The van der Waals surface area contributed by atoms with Crippen molar-refractivity contribution in [3.8, 4) is 0 Å². The number of ether oxygens (including phenoxy) is 1. The van der Waals surface area contributed by atoms with Crippen LogP contribution in [0.15, 0.2) is 0 Å². The van der Waals surface area contributed by atoms with Crippen molar-refractivity contribution in [2.45, 2.75) is 52.6 Å². The van der Waals surface area contributed by atoms with Crippen molar-refractivity contribution in [1.82, 2.24) is 10.6 Å². The lowest BCUT2D eigenvalue weighted by atomic mass is 10.0. The van der Waals surface area contributed by atoms with E-state index >= 15 is 0 Å². The Balaban J connectivity index is 3.83. The molecule has 0 aliphatic heterocycles. The molecule has 0 saturated heterocycles. The van der Waals surface area contributed by atoms with Crippen molar-refractivity contribution >= 4 is 11.9 Å². The number of carbonyl (C=O) groups excluding carboxylic acids is 2. The van der Waals surface area contributed by atoms with Gasteiger partial charge in [-0.3, -0.25) is 9.59 Å². The number of hydrogen-bond donors (Lipinski definition) is 2. The molecule has 0 aliphatic rings. The van der Waals surface area contributed by atoms with E-state index in [2.05, 4.69) is 15.4 Å². The summed E-state index contributed by atoms with van der Waals surface area (Å²) in [6.07, 6.45) is 1.34. The van der Waals surface area contributed by atoms with Crippen LogP contribution in [-0.4, -0.2) is 37.6 Å². The van der Waals surface area contributed by atoms with Crippen molar-refractivity contribution < 1.29 is 14.3 Å². The highest BCUT2D eigenvalue weighted by molar-refractivity contribution is 5.76. The summed E-state index contributed by atoms with van der Waals surface area (Å²) in [6, 6.07) is 0.206. The number of hydrogen-bond acceptors (Lipinski definition) is 4. The molecule has 106 valence electrons. The van der Waals surface area contributed by atoms with E-state index in [0.29, 0.717) is 13.0 Å². The summed E-state index contributed by atoms with van der Waals surface area (Å²) in [5.74, 6) is -0.415. The van der Waals surface area contributed by atoms with E-state index in [9.17, 15) is 9.59 Å². The lowest BCUT2D eigenvalue weighted by Crippen LogP contribution is -2.39. The molecule has 0 aromatic carbocycles. The number of nitrogens with one attached hydrogen (secondary N) is 2. The van der Waals surface area contributed by atoms with Gasteiger partial charge in [0.25, 0.3) is 0 Å². The minimum absolute atomic E-state index is 0.00570. The van der Waals surface area contributed by atoms with E-state index < -0.39 is 0 Å². The molecule has 0 aliphatic carbocycles. The van der Waals surface area contributed by atoms with Gasteiger partial charge in [-0.25, -0.2) is 0 Å². The monoisotopic (exact) mass is 258 g/mol. The van der Waals surface area contributed by atoms with E-state index in [0.717, 1.165) is 6.42 Å². The van der Waals surface area contributed by atoms with Crippen molar-refractivity contribution in [3.05, 3.63) is 0 Å². The third-order valence-corrected chi connectivity index (χ3v) is 3.16. The molecule has 0 spiro atoms. The Morgan fingerprint density at radius 1 is 1.22 bits per heavy atom. The second-order valence-corrected chi connectivity index (χ2v) is 4.68. The van der Waals surface area contributed by atoms with Gasteiger partial charge in [0, 0.05) is 25.0 Å². The molecule has 0 rings (SSSR count). The molecular weight excluding hydrogens is 232 g/mol. The molecule has 0 aromatic heterocycles. The van der Waals surface area contributed by atoms with Gasteiger partial charge in [0.05, 0.1) is 13.0 Å². The quantitative estimate of drug-likeness (QED) is 0.639. The highest BCUT2D eigenvalue weighted by Crippen LogP contribution is 2.04. The molecule has 0 heterocycles. The first-order chi connectivity index (χ1) is 8.42. The van der Waals surface area contributed by atoms with Crippen LogP contribution in [0.25, 0.3) is 0 Å². The zero-order valence-corrected chi connectivity index (χ0v) is 12.1. The SMILES string of the molecule is CCC(C)NC(=O)CCNC(C)C(C)C(=O)OC. The molecule has 1 amide bonds. The molecule has 5 heteroatoms. The molecule has 0 saturated carbocycles. The first-order valence-electron chi connectivity index (χ1n) is 6.52. The normalized spacial score (nSPS) is 15.6. The van der Waals surface area contributed by atoms with Crippen LogP contribution in [-0.2, 0) is 14.3 Å². The number of esters is 1. The smallest absolute Gasteiger partial charge is 0.309 e. The standard InChI is InChI=1S/C13H26N2O3/c1-6-9(2)15-12(16)7-8-14-11(4)10(3)13(17)18-5/h9-11,14H,6-8H2,1-5H3,(H,15,16). The Morgan fingerprint density at radius 3 is 2.33 bits per heavy atom. The highest BCUT2D eigenvalue weighted by atomic mass is 16.5. The summed E-state index contributed by atoms with van der Waals surface area (Å²) in [5, 5.41) is 6.05. The average Bonchev–Trinajstić information content (AvgIpc) is 2.36. The Labute approximate surface area is 110 Å². The minimum Gasteiger partial charge on any atom is -0.469 e.